The number of nitro groups is 1. The number of nitrogens with one attached hydrogen (secondary N) is 2. The molecule has 1 aromatic heterocycles. The van der Waals surface area contributed by atoms with Gasteiger partial charge in [-0.3, -0.25) is 14.9 Å². The Morgan fingerprint density at radius 2 is 1.94 bits per heavy atom. The molecule has 0 radical (unpaired) electrons. The van der Waals surface area contributed by atoms with Crippen LogP contribution in [-0.4, -0.2) is 37.7 Å². The molecule has 0 atom stereocenters. The molecule has 12 heteroatoms. The number of hydrogen-bond acceptors (Lipinski definition) is 9. The molecule has 0 aliphatic carbocycles. The van der Waals surface area contributed by atoms with Gasteiger partial charge in [0.05, 0.1) is 16.9 Å². The number of carbonyl (C=O) groups is 1. The van der Waals surface area contributed by atoms with Crippen molar-refractivity contribution < 1.29 is 9.72 Å². The first-order valence-electron chi connectivity index (χ1n) is 9.11. The number of hydrogen-bond donors (Lipinski definition) is 3. The van der Waals surface area contributed by atoms with E-state index in [9.17, 15) is 14.9 Å². The number of aromatic nitrogens is 3. The summed E-state index contributed by atoms with van der Waals surface area (Å²) in [6.45, 7) is 2.45. The lowest BCUT2D eigenvalue weighted by atomic mass is 10.1. The zero-order valence-corrected chi connectivity index (χ0v) is 17.4. The van der Waals surface area contributed by atoms with E-state index in [1.54, 1.807) is 12.1 Å². The fourth-order valence-corrected chi connectivity index (χ4v) is 3.07. The van der Waals surface area contributed by atoms with Gasteiger partial charge in [-0.05, 0) is 30.2 Å². The number of anilines is 1. The molecular formula is C19H20N8O3S. The van der Waals surface area contributed by atoms with E-state index in [1.165, 1.54) is 23.0 Å². The Labute approximate surface area is 181 Å². The highest BCUT2D eigenvalue weighted by Crippen LogP contribution is 2.16. The summed E-state index contributed by atoms with van der Waals surface area (Å²) in [5.41, 5.74) is 5.47. The van der Waals surface area contributed by atoms with Crippen LogP contribution in [0.5, 0.6) is 0 Å². The fraction of sp³-hybridized carbons (Fsp3) is 0.158. The highest BCUT2D eigenvalue weighted by molar-refractivity contribution is 7.99. The zero-order valence-electron chi connectivity index (χ0n) is 16.6. The van der Waals surface area contributed by atoms with E-state index < -0.39 is 4.92 Å². The molecule has 4 N–H and O–H groups in total. The monoisotopic (exact) mass is 440 g/mol. The Morgan fingerprint density at radius 1 is 1.23 bits per heavy atom. The summed E-state index contributed by atoms with van der Waals surface area (Å²) in [5, 5.41) is 25.6. The number of nitrogen functional groups attached to an aromatic ring is 1. The van der Waals surface area contributed by atoms with E-state index >= 15 is 0 Å². The minimum atomic E-state index is -0.474. The van der Waals surface area contributed by atoms with Gasteiger partial charge in [0.2, 0.25) is 11.1 Å². The lowest BCUT2D eigenvalue weighted by Gasteiger charge is -2.06. The molecule has 160 valence electrons. The molecule has 2 aromatic carbocycles. The van der Waals surface area contributed by atoms with Crippen LogP contribution < -0.4 is 16.6 Å². The van der Waals surface area contributed by atoms with Crippen LogP contribution in [0.3, 0.4) is 0 Å². The number of nitrogens with zero attached hydrogens (tertiary/aromatic N) is 5. The van der Waals surface area contributed by atoms with Crippen molar-refractivity contribution in [2.24, 2.45) is 5.10 Å². The smallest absolute Gasteiger partial charge is 0.269 e. The Bertz CT molecular complexity index is 1080. The first kappa shape index (κ1) is 21.8. The van der Waals surface area contributed by atoms with Gasteiger partial charge in [-0.25, -0.2) is 10.1 Å². The van der Waals surface area contributed by atoms with Crippen molar-refractivity contribution in [2.75, 3.05) is 17.0 Å². The molecule has 0 saturated carbocycles. The SMILES string of the molecule is Cc1ccc(CNC(=O)CSc2nnc(N/N=C/c3ccc([N+](=O)[O-])cc3)n2N)cc1. The summed E-state index contributed by atoms with van der Waals surface area (Å²) in [6.07, 6.45) is 1.46. The van der Waals surface area contributed by atoms with E-state index in [1.807, 2.05) is 31.2 Å². The molecule has 0 unspecified atom stereocenters. The van der Waals surface area contributed by atoms with Gasteiger partial charge in [0.15, 0.2) is 0 Å². The van der Waals surface area contributed by atoms with Crippen molar-refractivity contribution >= 4 is 35.5 Å². The van der Waals surface area contributed by atoms with E-state index in [-0.39, 0.29) is 23.3 Å². The van der Waals surface area contributed by atoms with Gasteiger partial charge < -0.3 is 11.2 Å². The highest BCUT2D eigenvalue weighted by atomic mass is 32.2. The molecule has 0 fully saturated rings. The minimum Gasteiger partial charge on any atom is -0.351 e. The normalized spacial score (nSPS) is 10.9. The molecular weight excluding hydrogens is 420 g/mol. The van der Waals surface area contributed by atoms with Crippen molar-refractivity contribution in [1.29, 1.82) is 0 Å². The van der Waals surface area contributed by atoms with Gasteiger partial charge in [0, 0.05) is 18.7 Å². The Kier molecular flexibility index (Phi) is 7.17. The first-order chi connectivity index (χ1) is 14.9. The number of rotatable bonds is 9. The van der Waals surface area contributed by atoms with Gasteiger partial charge in [0.1, 0.15) is 0 Å². The number of amides is 1. The standard InChI is InChI=1S/C19H20N8O3S/c1-13-2-4-14(5-3-13)10-21-17(28)12-31-19-25-24-18(26(19)20)23-22-11-15-6-8-16(9-7-15)27(29)30/h2-9,11H,10,12,20H2,1H3,(H,21,28)(H,23,24)/b22-11+. The predicted molar refractivity (Wildman–Crippen MR) is 118 cm³/mol. The summed E-state index contributed by atoms with van der Waals surface area (Å²) < 4.78 is 1.19. The molecule has 0 bridgehead atoms. The van der Waals surface area contributed by atoms with E-state index in [0.717, 1.165) is 22.9 Å². The van der Waals surface area contributed by atoms with Gasteiger partial charge in [0.25, 0.3) is 11.6 Å². The highest BCUT2D eigenvalue weighted by Gasteiger charge is 2.12. The third-order valence-electron chi connectivity index (χ3n) is 4.09. The number of nitrogens with two attached hydrogens (primary N) is 1. The van der Waals surface area contributed by atoms with Gasteiger partial charge in [-0.15, -0.1) is 10.2 Å². The predicted octanol–water partition coefficient (Wildman–Crippen LogP) is 2.06. The van der Waals surface area contributed by atoms with Crippen LogP contribution in [0.25, 0.3) is 0 Å². The summed E-state index contributed by atoms with van der Waals surface area (Å²) >= 11 is 1.14. The maximum atomic E-state index is 12.1. The molecule has 0 spiro atoms. The maximum absolute atomic E-state index is 12.1. The third-order valence-corrected chi connectivity index (χ3v) is 5.03. The van der Waals surface area contributed by atoms with Gasteiger partial charge in [-0.1, -0.05) is 41.6 Å². The van der Waals surface area contributed by atoms with E-state index in [2.05, 4.69) is 26.0 Å². The average molecular weight is 440 g/mol. The first-order valence-corrected chi connectivity index (χ1v) is 10.1. The van der Waals surface area contributed by atoms with Gasteiger partial charge >= 0.3 is 0 Å². The van der Waals surface area contributed by atoms with Crippen molar-refractivity contribution in [3.63, 3.8) is 0 Å². The molecule has 3 rings (SSSR count). The van der Waals surface area contributed by atoms with Crippen molar-refractivity contribution in [1.82, 2.24) is 20.2 Å². The number of thioether (sulfide) groups is 1. The second-order valence-corrected chi connectivity index (χ2v) is 7.39. The molecule has 11 nitrogen and oxygen atoms in total. The second-order valence-electron chi connectivity index (χ2n) is 6.45. The zero-order chi connectivity index (χ0) is 22.2. The van der Waals surface area contributed by atoms with E-state index in [0.29, 0.717) is 17.3 Å². The molecule has 31 heavy (non-hydrogen) atoms. The van der Waals surface area contributed by atoms with Crippen LogP contribution in [0.4, 0.5) is 11.6 Å². The minimum absolute atomic E-state index is 0.00335. The lowest BCUT2D eigenvalue weighted by molar-refractivity contribution is -0.384. The van der Waals surface area contributed by atoms with Crippen molar-refractivity contribution in [2.45, 2.75) is 18.6 Å². The maximum Gasteiger partial charge on any atom is 0.269 e. The molecule has 3 aromatic rings. The van der Waals surface area contributed by atoms with Crippen molar-refractivity contribution in [3.8, 4) is 0 Å². The van der Waals surface area contributed by atoms with Gasteiger partial charge in [-0.2, -0.15) is 5.10 Å². The van der Waals surface area contributed by atoms with Crippen LogP contribution in [0, 0.1) is 17.0 Å². The Balaban J connectivity index is 1.47. The summed E-state index contributed by atoms with van der Waals surface area (Å²) in [7, 11) is 0. The molecule has 0 aliphatic heterocycles. The van der Waals surface area contributed by atoms with Crippen LogP contribution in [0.15, 0.2) is 58.8 Å². The number of nitro benzene ring substituents is 1. The molecule has 0 aliphatic rings. The summed E-state index contributed by atoms with van der Waals surface area (Å²) in [4.78, 5) is 22.2. The van der Waals surface area contributed by atoms with Crippen LogP contribution in [0.2, 0.25) is 0 Å². The van der Waals surface area contributed by atoms with E-state index in [4.69, 9.17) is 5.84 Å². The number of non-ortho nitro benzene ring substituents is 1. The van der Waals surface area contributed by atoms with Crippen LogP contribution in [-0.2, 0) is 11.3 Å². The largest absolute Gasteiger partial charge is 0.351 e. The Morgan fingerprint density at radius 3 is 2.61 bits per heavy atom. The number of carbonyl (C=O) groups excluding carboxylic acids is 1. The number of benzene rings is 2. The summed E-state index contributed by atoms with van der Waals surface area (Å²) in [5.74, 6) is 6.09. The second kappa shape index (κ2) is 10.2. The fourth-order valence-electron chi connectivity index (χ4n) is 2.39. The summed E-state index contributed by atoms with van der Waals surface area (Å²) in [6, 6.07) is 13.8. The quantitative estimate of drug-likeness (QED) is 0.150. The molecule has 1 heterocycles. The average Bonchev–Trinajstić information content (AvgIpc) is 3.11. The molecule has 1 amide bonds. The molecule has 0 saturated heterocycles. The number of aryl methyl sites for hydroxylation is 1. The van der Waals surface area contributed by atoms with Crippen molar-refractivity contribution in [3.05, 3.63) is 75.3 Å². The van der Waals surface area contributed by atoms with Crippen LogP contribution in [0.1, 0.15) is 16.7 Å². The topological polar surface area (TPSA) is 153 Å². The lowest BCUT2D eigenvalue weighted by Crippen LogP contribution is -2.25. The number of hydrazone groups is 1. The third kappa shape index (κ3) is 6.27. The Hall–Kier alpha value is -3.93. The van der Waals surface area contributed by atoms with Crippen LogP contribution >= 0.6 is 11.8 Å².